The van der Waals surface area contributed by atoms with Crippen LogP contribution >= 0.6 is 11.6 Å². The minimum Gasteiger partial charge on any atom is -0.487 e. The zero-order chi connectivity index (χ0) is 34.7. The molecule has 48 heavy (non-hydrogen) atoms. The Hall–Kier alpha value is -2.60. The first-order valence-corrected chi connectivity index (χ1v) is 20.5. The number of sulfone groups is 1. The number of carbonyl (C=O) groups is 1. The fraction of sp³-hybridized carbons (Fsp3) is 0.583. The number of fused-ring (bicyclic) bond motifs is 3. The van der Waals surface area contributed by atoms with Crippen molar-refractivity contribution < 1.29 is 31.1 Å². The van der Waals surface area contributed by atoms with E-state index >= 15 is 0 Å². The van der Waals surface area contributed by atoms with Crippen molar-refractivity contribution in [3.63, 3.8) is 0 Å². The molecule has 0 saturated heterocycles. The molecule has 1 N–H and O–H groups in total. The van der Waals surface area contributed by atoms with E-state index in [9.17, 15) is 21.6 Å². The number of carbonyl (C=O) groups excluding carboxylic acids is 1. The lowest BCUT2D eigenvalue weighted by Crippen LogP contribution is -2.44. The van der Waals surface area contributed by atoms with E-state index < -0.39 is 35.8 Å². The molecule has 2 aromatic carbocycles. The number of amides is 1. The number of allylic oxidation sites excluding steroid dienone is 1. The van der Waals surface area contributed by atoms with E-state index in [2.05, 4.69) is 9.62 Å². The zero-order valence-corrected chi connectivity index (χ0v) is 30.8. The number of nitrogens with one attached hydrogen (secondary N) is 1. The first-order chi connectivity index (χ1) is 22.7. The maximum absolute atomic E-state index is 13.7. The molecule has 264 valence electrons. The third-order valence-corrected chi connectivity index (χ3v) is 14.9. The van der Waals surface area contributed by atoms with Crippen LogP contribution in [0, 0.1) is 11.8 Å². The van der Waals surface area contributed by atoms with Gasteiger partial charge in [0.15, 0.2) is 9.84 Å². The van der Waals surface area contributed by atoms with Gasteiger partial charge in [0.2, 0.25) is 10.0 Å². The minimum atomic E-state index is -4.23. The van der Waals surface area contributed by atoms with Gasteiger partial charge in [-0.05, 0) is 125 Å². The van der Waals surface area contributed by atoms with E-state index in [1.807, 2.05) is 30.4 Å². The molecule has 0 aromatic heterocycles. The number of rotatable bonds is 4. The third kappa shape index (κ3) is 8.57. The van der Waals surface area contributed by atoms with E-state index in [1.165, 1.54) is 0 Å². The van der Waals surface area contributed by atoms with Gasteiger partial charge in [-0.2, -0.15) is 0 Å². The SMILES string of the molecule is CO[C@H]1/C=C/CC[C@@H](CCS(=O)(=O)C(C)(C)C)S(=O)(=O)NC(=O)c2ccc3c(c2)N(CCCCc2cc(Cl)ccc2CO3)C[C@@H]2CC[C@H]21. The summed E-state index contributed by atoms with van der Waals surface area (Å²) in [5, 5.41) is -0.390. The molecule has 0 radical (unpaired) electrons. The topological polar surface area (TPSA) is 119 Å². The summed E-state index contributed by atoms with van der Waals surface area (Å²) >= 11 is 6.33. The zero-order valence-electron chi connectivity index (χ0n) is 28.4. The molecule has 1 aliphatic carbocycles. The molecule has 0 unspecified atom stereocenters. The first kappa shape index (κ1) is 36.7. The molecular formula is C36H49ClN2O7S2. The van der Waals surface area contributed by atoms with Gasteiger partial charge in [0, 0.05) is 30.8 Å². The Morgan fingerprint density at radius 2 is 1.85 bits per heavy atom. The summed E-state index contributed by atoms with van der Waals surface area (Å²) in [6.45, 7) is 6.62. The van der Waals surface area contributed by atoms with Crippen LogP contribution < -0.4 is 14.4 Å². The lowest BCUT2D eigenvalue weighted by Gasteiger charge is -2.43. The highest BCUT2D eigenvalue weighted by Crippen LogP contribution is 2.41. The second kappa shape index (κ2) is 15.1. The molecule has 5 rings (SSSR count). The second-order valence-corrected chi connectivity index (χ2v) is 19.6. The summed E-state index contributed by atoms with van der Waals surface area (Å²) in [5.74, 6) is 0.206. The van der Waals surface area contributed by atoms with Crippen LogP contribution in [0.3, 0.4) is 0 Å². The molecule has 2 aliphatic heterocycles. The maximum atomic E-state index is 13.7. The monoisotopic (exact) mass is 720 g/mol. The van der Waals surface area contributed by atoms with Gasteiger partial charge < -0.3 is 14.4 Å². The maximum Gasteiger partial charge on any atom is 0.264 e. The van der Waals surface area contributed by atoms with Gasteiger partial charge in [-0.3, -0.25) is 4.79 Å². The van der Waals surface area contributed by atoms with Crippen molar-refractivity contribution in [1.29, 1.82) is 0 Å². The summed E-state index contributed by atoms with van der Waals surface area (Å²) < 4.78 is 67.0. The van der Waals surface area contributed by atoms with E-state index in [4.69, 9.17) is 21.1 Å². The Kier molecular flexibility index (Phi) is 11.5. The molecule has 1 saturated carbocycles. The van der Waals surface area contributed by atoms with Gasteiger partial charge in [0.05, 0.1) is 27.5 Å². The van der Waals surface area contributed by atoms with E-state index in [1.54, 1.807) is 46.1 Å². The molecule has 4 atom stereocenters. The Morgan fingerprint density at radius 3 is 2.56 bits per heavy atom. The summed E-state index contributed by atoms with van der Waals surface area (Å²) in [4.78, 5) is 15.9. The molecule has 9 nitrogen and oxygen atoms in total. The van der Waals surface area contributed by atoms with Crippen LogP contribution in [0.25, 0.3) is 0 Å². The first-order valence-electron chi connectivity index (χ1n) is 17.0. The van der Waals surface area contributed by atoms with Crippen LogP contribution in [0.15, 0.2) is 48.6 Å². The molecule has 2 heterocycles. The predicted molar refractivity (Wildman–Crippen MR) is 191 cm³/mol. The number of anilines is 1. The number of sulfonamides is 1. The fourth-order valence-electron chi connectivity index (χ4n) is 6.84. The number of ether oxygens (including phenoxy) is 2. The van der Waals surface area contributed by atoms with Gasteiger partial charge >= 0.3 is 0 Å². The normalized spacial score (nSPS) is 26.0. The van der Waals surface area contributed by atoms with Crippen LogP contribution in [0.5, 0.6) is 5.75 Å². The molecule has 1 fully saturated rings. The Morgan fingerprint density at radius 1 is 1.06 bits per heavy atom. The largest absolute Gasteiger partial charge is 0.487 e. The number of hydrogen-bond donors (Lipinski definition) is 1. The highest BCUT2D eigenvalue weighted by molar-refractivity contribution is 7.93. The van der Waals surface area contributed by atoms with Crippen molar-refractivity contribution in [3.8, 4) is 5.75 Å². The molecule has 2 aromatic rings. The smallest absolute Gasteiger partial charge is 0.264 e. The predicted octanol–water partition coefficient (Wildman–Crippen LogP) is 6.48. The second-order valence-electron chi connectivity index (χ2n) is 14.3. The summed E-state index contributed by atoms with van der Waals surface area (Å²) in [6, 6.07) is 10.9. The number of aryl methyl sites for hydroxylation is 1. The highest BCUT2D eigenvalue weighted by Gasteiger charge is 2.38. The van der Waals surface area contributed by atoms with Crippen LogP contribution in [0.2, 0.25) is 5.02 Å². The van der Waals surface area contributed by atoms with Crippen LogP contribution in [0.4, 0.5) is 5.69 Å². The van der Waals surface area contributed by atoms with E-state index in [-0.39, 0.29) is 36.2 Å². The van der Waals surface area contributed by atoms with Gasteiger partial charge in [0.1, 0.15) is 12.4 Å². The lowest BCUT2D eigenvalue weighted by atomic mass is 9.70. The number of halogens is 1. The molecule has 2 bridgehead atoms. The van der Waals surface area contributed by atoms with Gasteiger partial charge in [-0.25, -0.2) is 21.6 Å². The number of methoxy groups -OCH3 is 1. The van der Waals surface area contributed by atoms with E-state index in [0.717, 1.165) is 62.0 Å². The van der Waals surface area contributed by atoms with E-state index in [0.29, 0.717) is 29.7 Å². The Bertz CT molecular complexity index is 1720. The Labute approximate surface area is 291 Å². The fourth-order valence-corrected chi connectivity index (χ4v) is 9.81. The van der Waals surface area contributed by atoms with Crippen molar-refractivity contribution >= 4 is 43.1 Å². The molecular weight excluding hydrogens is 672 g/mol. The lowest BCUT2D eigenvalue weighted by molar-refractivity contribution is 0.0134. The third-order valence-electron chi connectivity index (χ3n) is 10.2. The van der Waals surface area contributed by atoms with Crippen molar-refractivity contribution in [3.05, 3.63) is 70.3 Å². The summed E-state index contributed by atoms with van der Waals surface area (Å²) in [6.07, 6.45) is 9.07. The molecule has 12 heteroatoms. The van der Waals surface area contributed by atoms with Crippen LogP contribution in [-0.2, 0) is 37.6 Å². The number of benzene rings is 2. The molecule has 1 amide bonds. The van der Waals surface area contributed by atoms with Gasteiger partial charge in [0.25, 0.3) is 5.91 Å². The minimum absolute atomic E-state index is 0.118. The standard InChI is InChI=1S/C36H49ClN2O7S2/c1-36(2,3)47(41,42)20-18-30-10-5-6-11-33(45-4)31-16-13-27(31)23-39-19-8-7-9-25-21-29(37)15-12-28(25)24-46-34-17-14-26(22-32(34)39)35(40)38-48(30,43)44/h6,11-12,14-15,17,21-22,27,30-31,33H,5,7-10,13,16,18-20,23-24H2,1-4H3,(H,38,40)/b11-6+/t27-,30-,31+,33-/m0/s1. The average Bonchev–Trinajstić information content (AvgIpc) is 3.03. The van der Waals surface area contributed by atoms with Gasteiger partial charge in [-0.15, -0.1) is 0 Å². The van der Waals surface area contributed by atoms with Crippen molar-refractivity contribution in [2.75, 3.05) is 30.9 Å². The quantitative estimate of drug-likeness (QED) is 0.357. The van der Waals surface area contributed by atoms with Crippen LogP contribution in [0.1, 0.15) is 87.2 Å². The number of nitrogens with zero attached hydrogens (tertiary/aromatic N) is 1. The summed E-state index contributed by atoms with van der Waals surface area (Å²) in [7, 11) is -6.10. The summed E-state index contributed by atoms with van der Waals surface area (Å²) in [5.41, 5.74) is 3.14. The Balaban J connectivity index is 1.52. The highest BCUT2D eigenvalue weighted by atomic mass is 35.5. The van der Waals surface area contributed by atoms with Crippen molar-refractivity contribution in [2.24, 2.45) is 11.8 Å². The van der Waals surface area contributed by atoms with Crippen LogP contribution in [-0.4, -0.2) is 64.8 Å². The average molecular weight is 721 g/mol. The molecule has 3 aliphatic rings. The van der Waals surface area contributed by atoms with Crippen molar-refractivity contribution in [1.82, 2.24) is 4.72 Å². The number of hydrogen-bond acceptors (Lipinski definition) is 8. The van der Waals surface area contributed by atoms with Crippen molar-refractivity contribution in [2.45, 2.75) is 94.8 Å². The molecule has 0 spiro atoms. The van der Waals surface area contributed by atoms with Gasteiger partial charge in [-0.1, -0.05) is 29.8 Å².